The van der Waals surface area contributed by atoms with Gasteiger partial charge in [-0.2, -0.15) is 0 Å². The number of anilines is 1. The summed E-state index contributed by atoms with van der Waals surface area (Å²) in [6, 6.07) is 5.03. The van der Waals surface area contributed by atoms with Crippen molar-refractivity contribution >= 4 is 17.6 Å². The van der Waals surface area contributed by atoms with E-state index in [-0.39, 0.29) is 12.5 Å². The van der Waals surface area contributed by atoms with Crippen LogP contribution in [0.2, 0.25) is 0 Å². The maximum Gasteiger partial charge on any atom is 0.341 e. The molecule has 0 radical (unpaired) electrons. The molecule has 0 saturated heterocycles. The second-order valence-corrected chi connectivity index (χ2v) is 6.92. The largest absolute Gasteiger partial charge is 0.493 e. The summed E-state index contributed by atoms with van der Waals surface area (Å²) in [7, 11) is 0. The van der Waals surface area contributed by atoms with Crippen molar-refractivity contribution in [2.24, 2.45) is 0 Å². The van der Waals surface area contributed by atoms with E-state index >= 15 is 0 Å². The van der Waals surface area contributed by atoms with Crippen LogP contribution >= 0.6 is 0 Å². The number of nitrogens with one attached hydrogen (secondary N) is 1. The van der Waals surface area contributed by atoms with Crippen LogP contribution in [-0.4, -0.2) is 37.3 Å². The van der Waals surface area contributed by atoms with E-state index in [0.717, 1.165) is 25.7 Å². The van der Waals surface area contributed by atoms with Gasteiger partial charge in [0.25, 0.3) is 5.91 Å². The van der Waals surface area contributed by atoms with Crippen molar-refractivity contribution in [1.82, 2.24) is 0 Å². The maximum absolute atomic E-state index is 12.8. The molecule has 28 heavy (non-hydrogen) atoms. The third kappa shape index (κ3) is 7.15. The number of esters is 1. The number of ether oxygens (including phenoxy) is 3. The van der Waals surface area contributed by atoms with Gasteiger partial charge in [0.2, 0.25) is 0 Å². The summed E-state index contributed by atoms with van der Waals surface area (Å²) in [5.41, 5.74) is -0.0914. The Morgan fingerprint density at radius 2 is 1.79 bits per heavy atom. The number of unbranched alkanes of at least 4 members (excludes halogenated alkanes) is 1. The summed E-state index contributed by atoms with van der Waals surface area (Å²) in [5.74, 6) is -0.232. The van der Waals surface area contributed by atoms with Gasteiger partial charge in [-0.15, -0.1) is 0 Å². The lowest BCUT2D eigenvalue weighted by molar-refractivity contribution is -0.140. The summed E-state index contributed by atoms with van der Waals surface area (Å²) in [6.07, 6.45) is 4.17. The highest BCUT2D eigenvalue weighted by molar-refractivity contribution is 5.99. The third-order valence-electron chi connectivity index (χ3n) is 4.32. The predicted octanol–water partition coefficient (Wildman–Crippen LogP) is 4.97. The Hall–Kier alpha value is -2.08. The monoisotopic (exact) mass is 393 g/mol. The van der Waals surface area contributed by atoms with Crippen LogP contribution in [-0.2, 0) is 14.3 Å². The molecule has 6 heteroatoms. The van der Waals surface area contributed by atoms with E-state index in [2.05, 4.69) is 12.2 Å². The van der Waals surface area contributed by atoms with Gasteiger partial charge in [-0.3, -0.25) is 4.79 Å². The average molecular weight is 394 g/mol. The maximum atomic E-state index is 12.8. The highest BCUT2D eigenvalue weighted by Crippen LogP contribution is 2.26. The molecular formula is C22H35NO5. The lowest BCUT2D eigenvalue weighted by Crippen LogP contribution is -2.43. The number of hydrogen-bond acceptors (Lipinski definition) is 5. The third-order valence-corrected chi connectivity index (χ3v) is 4.32. The van der Waals surface area contributed by atoms with E-state index < -0.39 is 11.6 Å². The number of rotatable bonds is 13. The van der Waals surface area contributed by atoms with E-state index in [1.54, 1.807) is 32.0 Å². The fraction of sp³-hybridized carbons (Fsp3) is 0.636. The molecule has 0 heterocycles. The minimum absolute atomic E-state index is 0.225. The number of benzene rings is 1. The number of carbonyl (C=O) groups excluding carboxylic acids is 2. The molecule has 1 N–H and O–H groups in total. The SMILES string of the molecule is CCCCOc1ccc(NC(=O)[C@@](C)(CCC)OCCC)cc1C(=O)OCC. The van der Waals surface area contributed by atoms with E-state index in [1.165, 1.54) is 0 Å². The van der Waals surface area contributed by atoms with Gasteiger partial charge in [0.15, 0.2) is 0 Å². The van der Waals surface area contributed by atoms with Gasteiger partial charge in [0.1, 0.15) is 16.9 Å². The first-order valence-electron chi connectivity index (χ1n) is 10.3. The van der Waals surface area contributed by atoms with Crippen LogP contribution in [0, 0.1) is 0 Å². The zero-order valence-electron chi connectivity index (χ0n) is 17.9. The van der Waals surface area contributed by atoms with Crippen molar-refractivity contribution < 1.29 is 23.8 Å². The molecule has 0 spiro atoms. The molecule has 158 valence electrons. The number of hydrogen-bond donors (Lipinski definition) is 1. The van der Waals surface area contributed by atoms with Crippen LogP contribution in [0.25, 0.3) is 0 Å². The topological polar surface area (TPSA) is 73.9 Å². The molecule has 1 amide bonds. The summed E-state index contributed by atoms with van der Waals surface area (Å²) in [4.78, 5) is 25.2. The summed E-state index contributed by atoms with van der Waals surface area (Å²) in [5, 5.41) is 2.88. The number of carbonyl (C=O) groups is 2. The lowest BCUT2D eigenvalue weighted by atomic mass is 9.98. The molecule has 0 aromatic heterocycles. The van der Waals surface area contributed by atoms with Crippen LogP contribution in [0.15, 0.2) is 18.2 Å². The standard InChI is InChI=1S/C22H35NO5/c1-6-10-15-27-19-12-11-17(16-18(19)20(24)26-9-4)23-21(25)22(5,13-7-2)28-14-8-3/h11-12,16H,6-10,13-15H2,1-5H3,(H,23,25)/t22-/m1/s1. The molecule has 1 rings (SSSR count). The van der Waals surface area contributed by atoms with Gasteiger partial charge in [-0.25, -0.2) is 4.79 Å². The van der Waals surface area contributed by atoms with E-state index in [1.807, 2.05) is 13.8 Å². The van der Waals surface area contributed by atoms with Crippen molar-refractivity contribution in [3.05, 3.63) is 23.8 Å². The van der Waals surface area contributed by atoms with Gasteiger partial charge in [-0.1, -0.05) is 33.6 Å². The van der Waals surface area contributed by atoms with Crippen molar-refractivity contribution in [3.8, 4) is 5.75 Å². The Morgan fingerprint density at radius 3 is 2.39 bits per heavy atom. The number of amides is 1. The summed E-state index contributed by atoms with van der Waals surface area (Å²) < 4.78 is 16.7. The molecule has 0 fully saturated rings. The Balaban J connectivity index is 3.04. The fourth-order valence-electron chi connectivity index (χ4n) is 2.75. The van der Waals surface area contributed by atoms with Crippen molar-refractivity contribution in [2.75, 3.05) is 25.1 Å². The zero-order chi connectivity index (χ0) is 21.0. The molecule has 0 bridgehead atoms. The fourth-order valence-corrected chi connectivity index (χ4v) is 2.75. The first-order valence-corrected chi connectivity index (χ1v) is 10.3. The molecule has 6 nitrogen and oxygen atoms in total. The van der Waals surface area contributed by atoms with Gasteiger partial charge in [0, 0.05) is 12.3 Å². The molecule has 0 aliphatic rings. The van der Waals surface area contributed by atoms with Gasteiger partial charge in [-0.05, 0) is 51.3 Å². The minimum Gasteiger partial charge on any atom is -0.493 e. The highest BCUT2D eigenvalue weighted by atomic mass is 16.5. The molecule has 0 unspecified atom stereocenters. The zero-order valence-corrected chi connectivity index (χ0v) is 17.9. The summed E-state index contributed by atoms with van der Waals surface area (Å²) in [6.45, 7) is 11.0. The van der Waals surface area contributed by atoms with Crippen LogP contribution < -0.4 is 10.1 Å². The molecule has 1 aromatic carbocycles. The second-order valence-electron chi connectivity index (χ2n) is 6.92. The second kappa shape index (κ2) is 12.4. The van der Waals surface area contributed by atoms with Crippen LogP contribution in [0.4, 0.5) is 5.69 Å². The molecule has 1 aromatic rings. The van der Waals surface area contributed by atoms with E-state index in [9.17, 15) is 9.59 Å². The van der Waals surface area contributed by atoms with E-state index in [4.69, 9.17) is 14.2 Å². The van der Waals surface area contributed by atoms with Gasteiger partial charge in [0.05, 0.1) is 13.2 Å². The van der Waals surface area contributed by atoms with E-state index in [0.29, 0.717) is 36.6 Å². The van der Waals surface area contributed by atoms with Crippen LogP contribution in [0.3, 0.4) is 0 Å². The Morgan fingerprint density at radius 1 is 1.04 bits per heavy atom. The predicted molar refractivity (Wildman–Crippen MR) is 111 cm³/mol. The van der Waals surface area contributed by atoms with Crippen molar-refractivity contribution in [1.29, 1.82) is 0 Å². The summed E-state index contributed by atoms with van der Waals surface area (Å²) >= 11 is 0. The molecule has 0 saturated carbocycles. The normalized spacial score (nSPS) is 12.9. The van der Waals surface area contributed by atoms with Crippen LogP contribution in [0.5, 0.6) is 5.75 Å². The first kappa shape index (κ1) is 24.0. The quantitative estimate of drug-likeness (QED) is 0.378. The molecule has 0 aliphatic heterocycles. The lowest BCUT2D eigenvalue weighted by Gasteiger charge is -2.28. The first-order chi connectivity index (χ1) is 13.4. The Kier molecular flexibility index (Phi) is 10.6. The Labute approximate surface area is 168 Å². The van der Waals surface area contributed by atoms with Crippen molar-refractivity contribution in [3.63, 3.8) is 0 Å². The van der Waals surface area contributed by atoms with Gasteiger partial charge >= 0.3 is 5.97 Å². The highest BCUT2D eigenvalue weighted by Gasteiger charge is 2.33. The Bertz CT molecular complexity index is 631. The molecular weight excluding hydrogens is 358 g/mol. The average Bonchev–Trinajstić information content (AvgIpc) is 2.67. The van der Waals surface area contributed by atoms with Crippen molar-refractivity contribution in [2.45, 2.75) is 72.3 Å². The smallest absolute Gasteiger partial charge is 0.341 e. The van der Waals surface area contributed by atoms with Crippen LogP contribution in [0.1, 0.15) is 77.1 Å². The minimum atomic E-state index is -0.912. The molecule has 1 atom stereocenters. The molecule has 0 aliphatic carbocycles. The van der Waals surface area contributed by atoms with Gasteiger partial charge < -0.3 is 19.5 Å².